The van der Waals surface area contributed by atoms with E-state index in [2.05, 4.69) is 14.8 Å². The molecule has 0 amide bonds. The van der Waals surface area contributed by atoms with Gasteiger partial charge in [0.25, 0.3) is 0 Å². The Morgan fingerprint density at radius 2 is 1.23 bits per heavy atom. The first-order valence-electron chi connectivity index (χ1n) is 5.56. The molecule has 3 aliphatic rings. The molecule has 3 aliphatic carbocycles. The van der Waals surface area contributed by atoms with Crippen molar-refractivity contribution >= 4 is 30.0 Å². The van der Waals surface area contributed by atoms with Crippen LogP contribution in [-0.4, -0.2) is 23.3 Å². The third-order valence-corrected chi connectivity index (χ3v) is 16.5. The third-order valence-electron chi connectivity index (χ3n) is 4.75. The molecule has 13 heavy (non-hydrogen) atoms. The summed E-state index contributed by atoms with van der Waals surface area (Å²) in [4.78, 5) is 8.07. The number of halogens is 1. The molecule has 0 spiro atoms. The van der Waals surface area contributed by atoms with Gasteiger partial charge in [0.05, 0.1) is 0 Å². The molecule has 3 fully saturated rings. The van der Waals surface area contributed by atoms with Crippen LogP contribution in [0.2, 0.25) is 18.2 Å². The second kappa shape index (κ2) is 3.04. The number of hydrogen-bond donors (Lipinski definition) is 0. The van der Waals surface area contributed by atoms with Crippen molar-refractivity contribution in [2.24, 2.45) is 0 Å². The van der Waals surface area contributed by atoms with E-state index >= 15 is 0 Å². The van der Waals surface area contributed by atoms with Crippen molar-refractivity contribution in [1.29, 1.82) is 0 Å². The number of alkyl halides is 1. The van der Waals surface area contributed by atoms with Gasteiger partial charge in [0.15, 0.2) is 0 Å². The first-order valence-corrected chi connectivity index (χ1v) is 15.9. The Morgan fingerprint density at radius 3 is 1.54 bits per heavy atom. The van der Waals surface area contributed by atoms with Gasteiger partial charge in [-0.15, -0.1) is 0 Å². The summed E-state index contributed by atoms with van der Waals surface area (Å²) in [5, 5.41) is 0. The zero-order valence-corrected chi connectivity index (χ0v) is 12.7. The zero-order chi connectivity index (χ0) is 9.74. The topological polar surface area (TPSA) is 0 Å². The van der Waals surface area contributed by atoms with Crippen molar-refractivity contribution < 1.29 is 0 Å². The molecule has 0 saturated heterocycles. The first-order chi connectivity index (χ1) is 5.87. The summed E-state index contributed by atoms with van der Waals surface area (Å²) in [5.74, 6) is 0. The predicted octanol–water partition coefficient (Wildman–Crippen LogP) is 4.41. The fraction of sp³-hybridized carbons (Fsp3) is 1.00. The van der Waals surface area contributed by atoms with E-state index in [1.54, 1.807) is 0 Å². The van der Waals surface area contributed by atoms with Crippen LogP contribution in [0.1, 0.15) is 38.5 Å². The Balaban J connectivity index is 2.20. The standard InChI is InChI=1S/C8H12Cl.3CH3.Sn/c9-8-4-1-7(2-5-8)3-6-8;;;;/h1-6H2;3*1H3;. The van der Waals surface area contributed by atoms with E-state index in [0.717, 1.165) is 3.43 Å². The van der Waals surface area contributed by atoms with E-state index in [9.17, 15) is 0 Å². The molecule has 2 heteroatoms. The SMILES string of the molecule is [CH3][Sn]([CH3])([CH3])[C]12CCC(Cl)(CC1)CC2. The van der Waals surface area contributed by atoms with E-state index in [0.29, 0.717) is 0 Å². The molecule has 2 bridgehead atoms. The van der Waals surface area contributed by atoms with Crippen molar-refractivity contribution in [3.05, 3.63) is 0 Å². The summed E-state index contributed by atoms with van der Waals surface area (Å²) in [7, 11) is 0. The van der Waals surface area contributed by atoms with Crippen molar-refractivity contribution in [3.8, 4) is 0 Å². The summed E-state index contributed by atoms with van der Waals surface area (Å²) in [5.41, 5.74) is 0. The van der Waals surface area contributed by atoms with Crippen LogP contribution in [0.15, 0.2) is 0 Å². The molecule has 76 valence electrons. The molecule has 3 saturated carbocycles. The molecule has 3 rings (SSSR count). The summed E-state index contributed by atoms with van der Waals surface area (Å²) < 4.78 is 0.825. The third kappa shape index (κ3) is 1.67. The van der Waals surface area contributed by atoms with Gasteiger partial charge in [0, 0.05) is 0 Å². The molecule has 0 N–H and O–H groups in total. The average molecular weight is 307 g/mol. The molecule has 0 aliphatic heterocycles. The molecule has 0 heterocycles. The minimum absolute atomic E-state index is 0.235. The van der Waals surface area contributed by atoms with Gasteiger partial charge in [-0.1, -0.05) is 0 Å². The van der Waals surface area contributed by atoms with E-state index in [-0.39, 0.29) is 4.87 Å². The van der Waals surface area contributed by atoms with Crippen LogP contribution in [-0.2, 0) is 0 Å². The van der Waals surface area contributed by atoms with Gasteiger partial charge >= 0.3 is 91.6 Å². The van der Waals surface area contributed by atoms with Crippen LogP contribution in [0.5, 0.6) is 0 Å². The van der Waals surface area contributed by atoms with Crippen molar-refractivity contribution in [3.63, 3.8) is 0 Å². The van der Waals surface area contributed by atoms with Crippen LogP contribution in [0, 0.1) is 0 Å². The summed E-state index contributed by atoms with van der Waals surface area (Å²) in [6.45, 7) is 0. The van der Waals surface area contributed by atoms with Gasteiger partial charge in [0.1, 0.15) is 0 Å². The van der Waals surface area contributed by atoms with Crippen LogP contribution in [0.4, 0.5) is 0 Å². The van der Waals surface area contributed by atoms with Gasteiger partial charge in [-0.05, 0) is 0 Å². The van der Waals surface area contributed by atoms with Crippen molar-refractivity contribution in [2.75, 3.05) is 0 Å². The average Bonchev–Trinajstić information content (AvgIpc) is 2.04. The molecule has 0 nitrogen and oxygen atoms in total. The Labute approximate surface area is 91.3 Å². The van der Waals surface area contributed by atoms with E-state index in [1.165, 1.54) is 38.5 Å². The Hall–Kier alpha value is 1.09. The van der Waals surface area contributed by atoms with Crippen molar-refractivity contribution in [1.82, 2.24) is 0 Å². The van der Waals surface area contributed by atoms with Crippen LogP contribution in [0.25, 0.3) is 0 Å². The molecular weight excluding hydrogens is 286 g/mol. The normalized spacial score (nSPS) is 45.2. The van der Waals surface area contributed by atoms with Gasteiger partial charge in [-0.2, -0.15) is 0 Å². The Bertz CT molecular complexity index is 192. The van der Waals surface area contributed by atoms with Gasteiger partial charge in [0.2, 0.25) is 0 Å². The fourth-order valence-electron chi connectivity index (χ4n) is 3.26. The van der Waals surface area contributed by atoms with E-state index in [4.69, 9.17) is 11.6 Å². The number of rotatable bonds is 1. The Kier molecular flexibility index (Phi) is 2.48. The molecule has 0 unspecified atom stereocenters. The van der Waals surface area contributed by atoms with Crippen LogP contribution >= 0.6 is 11.6 Å². The predicted molar refractivity (Wildman–Crippen MR) is 62.3 cm³/mol. The van der Waals surface area contributed by atoms with E-state index in [1.807, 2.05) is 0 Å². The molecule has 0 aromatic rings. The van der Waals surface area contributed by atoms with Gasteiger partial charge in [-0.3, -0.25) is 0 Å². The molecule has 0 aromatic heterocycles. The van der Waals surface area contributed by atoms with Crippen LogP contribution in [0.3, 0.4) is 0 Å². The second-order valence-corrected chi connectivity index (χ2v) is 22.9. The van der Waals surface area contributed by atoms with Gasteiger partial charge in [-0.25, -0.2) is 0 Å². The summed E-state index contributed by atoms with van der Waals surface area (Å²) in [6, 6.07) is 0. The molecule has 0 radical (unpaired) electrons. The minimum atomic E-state index is -1.70. The second-order valence-electron chi connectivity index (χ2n) is 6.18. The fourth-order valence-corrected chi connectivity index (χ4v) is 11.0. The van der Waals surface area contributed by atoms with Crippen molar-refractivity contribution in [2.45, 2.75) is 61.6 Å². The number of hydrogen-bond acceptors (Lipinski definition) is 0. The molecular formula is C11H21ClSn. The first kappa shape index (κ1) is 10.6. The monoisotopic (exact) mass is 308 g/mol. The molecule has 0 aromatic carbocycles. The number of fused-ring (bicyclic) bond motifs is 3. The summed E-state index contributed by atoms with van der Waals surface area (Å²) in [6.07, 6.45) is 8.29. The van der Waals surface area contributed by atoms with E-state index < -0.39 is 18.4 Å². The van der Waals surface area contributed by atoms with Gasteiger partial charge < -0.3 is 0 Å². The maximum atomic E-state index is 6.53. The molecule has 0 atom stereocenters. The van der Waals surface area contributed by atoms with Crippen LogP contribution < -0.4 is 0 Å². The Morgan fingerprint density at radius 1 is 0.846 bits per heavy atom. The zero-order valence-electron chi connectivity index (χ0n) is 9.12. The summed E-state index contributed by atoms with van der Waals surface area (Å²) >= 11 is 4.84. The maximum absolute atomic E-state index is 6.53. The quantitative estimate of drug-likeness (QED) is 0.497.